The highest BCUT2D eigenvalue weighted by Crippen LogP contribution is 2.23. The third kappa shape index (κ3) is 3.60. The number of hydrogen-bond donors (Lipinski definition) is 0. The molecule has 0 saturated heterocycles. The zero-order valence-corrected chi connectivity index (χ0v) is 13.9. The first-order valence-corrected chi connectivity index (χ1v) is 8.47. The summed E-state index contributed by atoms with van der Waals surface area (Å²) in [6, 6.07) is 14.7. The fourth-order valence-corrected chi connectivity index (χ4v) is 2.69. The fraction of sp³-hybridized carbons (Fsp3) is 0.125. The lowest BCUT2D eigenvalue weighted by atomic mass is 10.1. The number of halogens is 1. The highest BCUT2D eigenvalue weighted by molar-refractivity contribution is 7.98. The molecule has 23 heavy (non-hydrogen) atoms. The summed E-state index contributed by atoms with van der Waals surface area (Å²) < 4.78 is 0. The van der Waals surface area contributed by atoms with E-state index >= 15 is 0 Å². The number of aromatic nitrogens is 4. The molecule has 0 radical (unpaired) electrons. The van der Waals surface area contributed by atoms with Crippen LogP contribution in [0.3, 0.4) is 0 Å². The molecule has 0 N–H and O–H groups in total. The molecular weight excluding hydrogens is 332 g/mol. The van der Waals surface area contributed by atoms with Gasteiger partial charge in [-0.2, -0.15) is 4.80 Å². The second kappa shape index (κ2) is 6.93. The maximum atomic E-state index is 12.3. The first kappa shape index (κ1) is 15.7. The number of carbonyl (C=O) groups excluding carboxylic acids is 1. The number of nitrogens with zero attached hydrogens (tertiary/aromatic N) is 4. The Balaban J connectivity index is 1.76. The summed E-state index contributed by atoms with van der Waals surface area (Å²) >= 11 is 7.74. The standard InChI is InChI=1S/C16H13ClN4OS/c1-23-12-8-6-11(7-9-12)15(22)10-21-19-16(18-20-21)13-4-2-3-5-14(13)17/h2-9H,10H2,1H3. The molecule has 0 unspecified atom stereocenters. The molecule has 0 aliphatic heterocycles. The Morgan fingerprint density at radius 1 is 1.17 bits per heavy atom. The zero-order chi connectivity index (χ0) is 16.2. The highest BCUT2D eigenvalue weighted by Gasteiger charge is 2.12. The van der Waals surface area contributed by atoms with E-state index in [1.807, 2.05) is 36.6 Å². The van der Waals surface area contributed by atoms with Gasteiger partial charge in [-0.05, 0) is 35.7 Å². The van der Waals surface area contributed by atoms with Gasteiger partial charge in [0.15, 0.2) is 5.78 Å². The average molecular weight is 345 g/mol. The Kier molecular flexibility index (Phi) is 4.73. The van der Waals surface area contributed by atoms with Crippen LogP contribution in [0.1, 0.15) is 10.4 Å². The minimum atomic E-state index is -0.0687. The van der Waals surface area contributed by atoms with Crippen molar-refractivity contribution in [3.8, 4) is 11.4 Å². The summed E-state index contributed by atoms with van der Waals surface area (Å²) in [5, 5.41) is 12.7. The Labute approximate surface area is 142 Å². The van der Waals surface area contributed by atoms with Crippen molar-refractivity contribution in [2.45, 2.75) is 11.4 Å². The van der Waals surface area contributed by atoms with Gasteiger partial charge in [-0.3, -0.25) is 4.79 Å². The summed E-state index contributed by atoms with van der Waals surface area (Å²) in [5.74, 6) is 0.335. The van der Waals surface area contributed by atoms with Gasteiger partial charge >= 0.3 is 0 Å². The molecule has 0 aliphatic carbocycles. The van der Waals surface area contributed by atoms with Gasteiger partial charge in [-0.15, -0.1) is 22.0 Å². The van der Waals surface area contributed by atoms with Crippen molar-refractivity contribution in [3.63, 3.8) is 0 Å². The van der Waals surface area contributed by atoms with E-state index in [2.05, 4.69) is 15.4 Å². The van der Waals surface area contributed by atoms with Gasteiger partial charge in [-0.1, -0.05) is 35.9 Å². The van der Waals surface area contributed by atoms with E-state index in [9.17, 15) is 4.79 Å². The molecule has 0 fully saturated rings. The van der Waals surface area contributed by atoms with Gasteiger partial charge in [0.2, 0.25) is 5.82 Å². The van der Waals surface area contributed by atoms with Crippen LogP contribution in [0.2, 0.25) is 5.02 Å². The molecule has 2 aromatic carbocycles. The number of benzene rings is 2. The SMILES string of the molecule is CSc1ccc(C(=O)Cn2nnc(-c3ccccc3Cl)n2)cc1. The van der Waals surface area contributed by atoms with Crippen LogP contribution in [0.15, 0.2) is 53.4 Å². The van der Waals surface area contributed by atoms with Gasteiger partial charge in [0.25, 0.3) is 0 Å². The predicted molar refractivity (Wildman–Crippen MR) is 90.8 cm³/mol. The molecule has 1 aromatic heterocycles. The lowest BCUT2D eigenvalue weighted by Crippen LogP contribution is -2.13. The topological polar surface area (TPSA) is 60.7 Å². The summed E-state index contributed by atoms with van der Waals surface area (Å²) in [7, 11) is 0. The number of hydrogen-bond acceptors (Lipinski definition) is 5. The Morgan fingerprint density at radius 2 is 1.91 bits per heavy atom. The second-order valence-electron chi connectivity index (χ2n) is 4.77. The molecule has 0 atom stereocenters. The fourth-order valence-electron chi connectivity index (χ4n) is 2.06. The molecule has 0 bridgehead atoms. The predicted octanol–water partition coefficient (Wildman–Crippen LogP) is 3.60. The zero-order valence-electron chi connectivity index (χ0n) is 12.3. The van der Waals surface area contributed by atoms with Crippen LogP contribution < -0.4 is 0 Å². The first-order valence-electron chi connectivity index (χ1n) is 6.87. The second-order valence-corrected chi connectivity index (χ2v) is 6.06. The first-order chi connectivity index (χ1) is 11.2. The van der Waals surface area contributed by atoms with Crippen molar-refractivity contribution in [1.29, 1.82) is 0 Å². The quantitative estimate of drug-likeness (QED) is 0.523. The van der Waals surface area contributed by atoms with Crippen LogP contribution >= 0.6 is 23.4 Å². The van der Waals surface area contributed by atoms with Crippen LogP contribution in [-0.4, -0.2) is 32.2 Å². The maximum Gasteiger partial charge on any atom is 0.206 e. The smallest absolute Gasteiger partial charge is 0.206 e. The molecule has 3 rings (SSSR count). The van der Waals surface area contributed by atoms with Crippen molar-refractivity contribution in [1.82, 2.24) is 20.2 Å². The molecule has 116 valence electrons. The Morgan fingerprint density at radius 3 is 2.61 bits per heavy atom. The van der Waals surface area contributed by atoms with Crippen molar-refractivity contribution < 1.29 is 4.79 Å². The Hall–Kier alpha value is -2.18. The Bertz CT molecular complexity index is 832. The molecule has 3 aromatic rings. The van der Waals surface area contributed by atoms with Gasteiger partial charge in [0.1, 0.15) is 6.54 Å². The number of tetrazole rings is 1. The number of rotatable bonds is 5. The van der Waals surface area contributed by atoms with Crippen LogP contribution in [0.25, 0.3) is 11.4 Å². The minimum Gasteiger partial charge on any atom is -0.292 e. The lowest BCUT2D eigenvalue weighted by molar-refractivity contribution is 0.0961. The van der Waals surface area contributed by atoms with E-state index in [4.69, 9.17) is 11.6 Å². The number of ketones is 1. The maximum absolute atomic E-state index is 12.3. The summed E-state index contributed by atoms with van der Waals surface area (Å²) in [4.78, 5) is 14.7. The molecule has 1 heterocycles. The average Bonchev–Trinajstić information content (AvgIpc) is 3.03. The van der Waals surface area contributed by atoms with E-state index in [1.165, 1.54) is 4.80 Å². The van der Waals surface area contributed by atoms with Crippen LogP contribution in [0, 0.1) is 0 Å². The number of thioether (sulfide) groups is 1. The van der Waals surface area contributed by atoms with Crippen molar-refractivity contribution >= 4 is 29.1 Å². The molecule has 7 heteroatoms. The van der Waals surface area contributed by atoms with Crippen molar-refractivity contribution in [2.24, 2.45) is 0 Å². The van der Waals surface area contributed by atoms with Gasteiger partial charge < -0.3 is 0 Å². The molecule has 0 aliphatic rings. The molecule has 0 amide bonds. The number of carbonyl (C=O) groups is 1. The van der Waals surface area contributed by atoms with E-state index in [-0.39, 0.29) is 12.3 Å². The molecule has 5 nitrogen and oxygen atoms in total. The van der Waals surface area contributed by atoms with Gasteiger partial charge in [-0.25, -0.2) is 0 Å². The van der Waals surface area contributed by atoms with Crippen LogP contribution in [-0.2, 0) is 6.54 Å². The van der Waals surface area contributed by atoms with E-state index in [1.54, 1.807) is 30.0 Å². The monoisotopic (exact) mass is 344 g/mol. The van der Waals surface area contributed by atoms with Gasteiger partial charge in [0, 0.05) is 16.0 Å². The van der Waals surface area contributed by atoms with Crippen LogP contribution in [0.5, 0.6) is 0 Å². The third-order valence-corrected chi connectivity index (χ3v) is 4.34. The van der Waals surface area contributed by atoms with Crippen molar-refractivity contribution in [2.75, 3.05) is 6.26 Å². The summed E-state index contributed by atoms with van der Waals surface area (Å²) in [5.41, 5.74) is 1.32. The van der Waals surface area contributed by atoms with E-state index in [0.717, 1.165) is 4.90 Å². The summed E-state index contributed by atoms with van der Waals surface area (Å²) in [6.45, 7) is 0.0378. The lowest BCUT2D eigenvalue weighted by Gasteiger charge is -2.01. The van der Waals surface area contributed by atoms with Crippen LogP contribution in [0.4, 0.5) is 0 Å². The molecule has 0 saturated carbocycles. The van der Waals surface area contributed by atoms with E-state index < -0.39 is 0 Å². The number of Topliss-reactive ketones (excluding diaryl/α,β-unsaturated/α-hetero) is 1. The highest BCUT2D eigenvalue weighted by atomic mass is 35.5. The molecular formula is C16H13ClN4OS. The van der Waals surface area contributed by atoms with Gasteiger partial charge in [0.05, 0.1) is 5.02 Å². The normalized spacial score (nSPS) is 10.7. The summed E-state index contributed by atoms with van der Waals surface area (Å²) in [6.07, 6.45) is 1.99. The largest absolute Gasteiger partial charge is 0.292 e. The van der Waals surface area contributed by atoms with E-state index in [0.29, 0.717) is 22.0 Å². The third-order valence-electron chi connectivity index (χ3n) is 3.26. The van der Waals surface area contributed by atoms with Crippen molar-refractivity contribution in [3.05, 3.63) is 59.1 Å². The molecule has 0 spiro atoms. The minimum absolute atomic E-state index is 0.0378.